The van der Waals surface area contributed by atoms with Crippen LogP contribution in [0.15, 0.2) is 60.8 Å². The lowest BCUT2D eigenvalue weighted by Gasteiger charge is -2.23. The first-order valence-corrected chi connectivity index (χ1v) is 20.9. The smallest absolute Gasteiger partial charge is 0.387 e. The number of hydrogen-bond acceptors (Lipinski definition) is 6. The van der Waals surface area contributed by atoms with Crippen LogP contribution in [0.1, 0.15) is 155 Å². The van der Waals surface area contributed by atoms with Crippen molar-refractivity contribution >= 4 is 13.7 Å². The topological polar surface area (TPSA) is 131 Å². The van der Waals surface area contributed by atoms with Crippen LogP contribution >= 0.6 is 7.82 Å². The lowest BCUT2D eigenvalue weighted by Crippen LogP contribution is -2.45. The van der Waals surface area contributed by atoms with Crippen LogP contribution in [0.2, 0.25) is 0 Å². The summed E-state index contributed by atoms with van der Waals surface area (Å²) in [6.07, 6.45) is 44.2. The van der Waals surface area contributed by atoms with Gasteiger partial charge < -0.3 is 21.1 Å². The molecule has 5 N–H and O–H groups in total. The van der Waals surface area contributed by atoms with E-state index in [1.165, 1.54) is 70.6 Å². The number of nitrogens with two attached hydrogens (primary N) is 1. The zero-order chi connectivity index (χ0) is 36.1. The summed E-state index contributed by atoms with van der Waals surface area (Å²) in [5, 5.41) is 13.6. The van der Waals surface area contributed by atoms with E-state index in [-0.39, 0.29) is 25.7 Å². The number of unbranched alkanes of at least 4 members (excludes halogenated alkanes) is 15. The van der Waals surface area contributed by atoms with Crippen molar-refractivity contribution in [1.29, 1.82) is 0 Å². The molecule has 0 aliphatic rings. The van der Waals surface area contributed by atoms with Gasteiger partial charge in [0.25, 0.3) is 0 Å². The van der Waals surface area contributed by atoms with E-state index in [1.54, 1.807) is 6.08 Å². The van der Waals surface area contributed by atoms with E-state index < -0.39 is 20.0 Å². The molecule has 0 aliphatic heterocycles. The number of nitrogens with one attached hydrogen (secondary N) is 1. The number of hydrogen-bond donors (Lipinski definition) is 4. The maximum Gasteiger partial charge on any atom is 0.472 e. The molecule has 0 fully saturated rings. The third-order valence-electron chi connectivity index (χ3n) is 8.08. The van der Waals surface area contributed by atoms with Gasteiger partial charge in [-0.1, -0.05) is 145 Å². The van der Waals surface area contributed by atoms with E-state index in [0.717, 1.165) is 57.8 Å². The van der Waals surface area contributed by atoms with E-state index in [4.69, 9.17) is 14.8 Å². The zero-order valence-electron chi connectivity index (χ0n) is 31.2. The van der Waals surface area contributed by atoms with E-state index in [1.807, 2.05) is 6.08 Å². The van der Waals surface area contributed by atoms with Crippen molar-refractivity contribution in [1.82, 2.24) is 5.32 Å². The molecule has 0 saturated carbocycles. The van der Waals surface area contributed by atoms with Crippen LogP contribution in [-0.4, -0.2) is 47.8 Å². The van der Waals surface area contributed by atoms with Crippen molar-refractivity contribution in [3.8, 4) is 0 Å². The Hall–Kier alpha value is -1.80. The molecule has 49 heavy (non-hydrogen) atoms. The third kappa shape index (κ3) is 34.4. The standard InChI is InChI=1S/C40H73N2O6P/c1-3-5-7-9-11-13-15-17-18-19-20-22-23-25-27-29-31-33-39(43)38(37-48-49(45,46)47-36-35-41)42-40(44)34-32-30-28-26-24-21-16-14-12-10-8-6-4-2/h6,8,12,14,21,23-25,31,33,38-39,43H,3-5,7,9-11,13,15-20,22,26-30,32,34-37,41H2,1-2H3,(H,42,44)(H,45,46)/b8-6-,14-12-,24-21-,25-23+,33-31+. The second-order valence-corrected chi connectivity index (χ2v) is 14.2. The molecule has 0 aromatic rings. The molecular formula is C40H73N2O6P. The van der Waals surface area contributed by atoms with Gasteiger partial charge in [0.2, 0.25) is 5.91 Å². The molecular weight excluding hydrogens is 635 g/mol. The molecule has 0 saturated heterocycles. The van der Waals surface area contributed by atoms with Gasteiger partial charge in [0.15, 0.2) is 0 Å². The molecule has 284 valence electrons. The van der Waals surface area contributed by atoms with E-state index in [2.05, 4.69) is 67.8 Å². The molecule has 0 aliphatic carbocycles. The number of allylic oxidation sites excluding steroid dienone is 9. The van der Waals surface area contributed by atoms with Gasteiger partial charge in [0.1, 0.15) is 0 Å². The first kappa shape index (κ1) is 47.2. The van der Waals surface area contributed by atoms with Crippen LogP contribution < -0.4 is 11.1 Å². The average molecular weight is 709 g/mol. The van der Waals surface area contributed by atoms with Gasteiger partial charge in [0, 0.05) is 13.0 Å². The predicted octanol–water partition coefficient (Wildman–Crippen LogP) is 10.3. The maximum atomic E-state index is 12.7. The van der Waals surface area contributed by atoms with Crippen molar-refractivity contribution in [3.05, 3.63) is 60.8 Å². The van der Waals surface area contributed by atoms with Crippen molar-refractivity contribution < 1.29 is 28.4 Å². The highest BCUT2D eigenvalue weighted by atomic mass is 31.2. The van der Waals surface area contributed by atoms with Gasteiger partial charge in [-0.05, 0) is 64.2 Å². The number of rotatable bonds is 35. The highest BCUT2D eigenvalue weighted by Gasteiger charge is 2.26. The van der Waals surface area contributed by atoms with Crippen molar-refractivity contribution in [3.63, 3.8) is 0 Å². The van der Waals surface area contributed by atoms with Crippen LogP contribution in [-0.2, 0) is 18.4 Å². The Morgan fingerprint density at radius 3 is 1.82 bits per heavy atom. The summed E-state index contributed by atoms with van der Waals surface area (Å²) in [6.45, 7) is 3.95. The zero-order valence-corrected chi connectivity index (χ0v) is 32.1. The average Bonchev–Trinajstić information content (AvgIpc) is 3.09. The molecule has 0 aromatic carbocycles. The first-order valence-electron chi connectivity index (χ1n) is 19.4. The Morgan fingerprint density at radius 1 is 0.694 bits per heavy atom. The lowest BCUT2D eigenvalue weighted by molar-refractivity contribution is -0.123. The molecule has 3 unspecified atom stereocenters. The summed E-state index contributed by atoms with van der Waals surface area (Å²) < 4.78 is 22.0. The number of phosphoric ester groups is 1. The van der Waals surface area contributed by atoms with Crippen molar-refractivity contribution in [2.24, 2.45) is 5.73 Å². The fourth-order valence-electron chi connectivity index (χ4n) is 5.16. The van der Waals surface area contributed by atoms with E-state index in [0.29, 0.717) is 12.8 Å². The first-order chi connectivity index (χ1) is 23.9. The van der Waals surface area contributed by atoms with Gasteiger partial charge in [-0.15, -0.1) is 0 Å². The molecule has 0 rings (SSSR count). The number of aliphatic hydroxyl groups excluding tert-OH is 1. The fraction of sp³-hybridized carbons (Fsp3) is 0.725. The van der Waals surface area contributed by atoms with E-state index >= 15 is 0 Å². The summed E-state index contributed by atoms with van der Waals surface area (Å²) >= 11 is 0. The largest absolute Gasteiger partial charge is 0.472 e. The molecule has 0 bridgehead atoms. The van der Waals surface area contributed by atoms with E-state index in [9.17, 15) is 19.4 Å². The van der Waals surface area contributed by atoms with Gasteiger partial charge in [-0.25, -0.2) is 4.57 Å². The molecule has 0 spiro atoms. The summed E-state index contributed by atoms with van der Waals surface area (Å²) in [4.78, 5) is 22.6. The Kier molecular flexibility index (Phi) is 34.7. The lowest BCUT2D eigenvalue weighted by atomic mass is 10.1. The second-order valence-electron chi connectivity index (χ2n) is 12.7. The quantitative estimate of drug-likeness (QED) is 0.0293. The summed E-state index contributed by atoms with van der Waals surface area (Å²) in [6, 6.07) is -0.893. The molecule has 3 atom stereocenters. The minimum atomic E-state index is -4.35. The SMILES string of the molecule is CC/C=C\C/C=C\C/C=C\CCCCCC(=O)NC(COP(=O)(O)OCCN)C(O)/C=C/CC/C=C/CCCCCCCCCCCCC. The maximum absolute atomic E-state index is 12.7. The van der Waals surface area contributed by atoms with Gasteiger partial charge in [0.05, 0.1) is 25.4 Å². The normalized spacial score (nSPS) is 15.0. The number of aliphatic hydroxyl groups is 1. The number of phosphoric acid groups is 1. The van der Waals surface area contributed by atoms with Gasteiger partial charge in [-0.2, -0.15) is 0 Å². The molecule has 9 heteroatoms. The van der Waals surface area contributed by atoms with Crippen LogP contribution in [0.5, 0.6) is 0 Å². The Morgan fingerprint density at radius 2 is 1.20 bits per heavy atom. The Labute approximate surface area is 300 Å². The third-order valence-corrected chi connectivity index (χ3v) is 9.06. The van der Waals surface area contributed by atoms with Crippen LogP contribution in [0, 0.1) is 0 Å². The molecule has 0 aromatic heterocycles. The minimum Gasteiger partial charge on any atom is -0.387 e. The number of amides is 1. The fourth-order valence-corrected chi connectivity index (χ4v) is 5.92. The summed E-state index contributed by atoms with van der Waals surface area (Å²) in [5.74, 6) is -0.236. The van der Waals surface area contributed by atoms with Gasteiger partial charge >= 0.3 is 7.82 Å². The van der Waals surface area contributed by atoms with Crippen LogP contribution in [0.3, 0.4) is 0 Å². The highest BCUT2D eigenvalue weighted by molar-refractivity contribution is 7.47. The highest BCUT2D eigenvalue weighted by Crippen LogP contribution is 2.43. The molecule has 0 heterocycles. The monoisotopic (exact) mass is 709 g/mol. The predicted molar refractivity (Wildman–Crippen MR) is 207 cm³/mol. The molecule has 1 amide bonds. The number of carbonyl (C=O) groups is 1. The minimum absolute atomic E-state index is 0.0664. The second kappa shape index (κ2) is 36.0. The van der Waals surface area contributed by atoms with Crippen molar-refractivity contribution in [2.75, 3.05) is 19.8 Å². The summed E-state index contributed by atoms with van der Waals surface area (Å²) in [5.41, 5.74) is 5.35. The molecule has 8 nitrogen and oxygen atoms in total. The van der Waals surface area contributed by atoms with Crippen LogP contribution in [0.4, 0.5) is 0 Å². The van der Waals surface area contributed by atoms with Crippen LogP contribution in [0.25, 0.3) is 0 Å². The summed E-state index contributed by atoms with van der Waals surface area (Å²) in [7, 11) is -4.35. The Balaban J connectivity index is 4.41. The van der Waals surface area contributed by atoms with Gasteiger partial charge in [-0.3, -0.25) is 13.8 Å². The molecule has 0 radical (unpaired) electrons. The van der Waals surface area contributed by atoms with Crippen molar-refractivity contribution in [2.45, 2.75) is 167 Å². The Bertz CT molecular complexity index is 949. The number of carbonyl (C=O) groups excluding carboxylic acids is 1.